The van der Waals surface area contributed by atoms with Crippen LogP contribution < -0.4 is 15.4 Å². The Kier molecular flexibility index (Phi) is 6.05. The van der Waals surface area contributed by atoms with Gasteiger partial charge >= 0.3 is 0 Å². The molecule has 0 heterocycles. The molecule has 0 aliphatic rings. The Balaban J connectivity index is 2.10. The van der Waals surface area contributed by atoms with Crippen molar-refractivity contribution >= 4 is 17.5 Å². The van der Waals surface area contributed by atoms with Crippen LogP contribution in [0.25, 0.3) is 0 Å². The molecule has 0 saturated carbocycles. The van der Waals surface area contributed by atoms with E-state index in [1.807, 2.05) is 0 Å². The molecule has 0 spiro atoms. The van der Waals surface area contributed by atoms with Gasteiger partial charge in [-0.2, -0.15) is 0 Å². The van der Waals surface area contributed by atoms with E-state index < -0.39 is 23.6 Å². The number of rotatable bonds is 6. The molecule has 2 N–H and O–H groups in total. The van der Waals surface area contributed by atoms with Gasteiger partial charge in [0.05, 0.1) is 19.6 Å². The van der Waals surface area contributed by atoms with Crippen LogP contribution in [0.2, 0.25) is 0 Å². The highest BCUT2D eigenvalue weighted by atomic mass is 19.2. The number of carbonyl (C=O) groups is 2. The van der Waals surface area contributed by atoms with Gasteiger partial charge < -0.3 is 15.4 Å². The second-order valence-corrected chi connectivity index (χ2v) is 5.41. The number of hydrogen-bond donors (Lipinski definition) is 2. The molecule has 0 aromatic heterocycles. The van der Waals surface area contributed by atoms with Crippen molar-refractivity contribution in [3.63, 3.8) is 0 Å². The van der Waals surface area contributed by atoms with Crippen molar-refractivity contribution < 1.29 is 23.1 Å². The minimum atomic E-state index is -1.05. The van der Waals surface area contributed by atoms with Gasteiger partial charge in [0.15, 0.2) is 11.6 Å². The fraction of sp³-hybridized carbons (Fsp3) is 0.222. The zero-order valence-corrected chi connectivity index (χ0v) is 13.8. The molecule has 7 heteroatoms. The Morgan fingerprint density at radius 3 is 2.32 bits per heavy atom. The molecule has 0 radical (unpaired) electrons. The van der Waals surface area contributed by atoms with Crippen LogP contribution >= 0.6 is 0 Å². The number of ether oxygens (including phenoxy) is 1. The SMILES string of the molecule is COc1ccc([C@H](CC(=O)Nc2ccc(F)c(F)c2)NC(C)=O)cc1. The van der Waals surface area contributed by atoms with Gasteiger partial charge in [0.2, 0.25) is 11.8 Å². The summed E-state index contributed by atoms with van der Waals surface area (Å²) in [5, 5.41) is 5.18. The zero-order chi connectivity index (χ0) is 18.4. The molecular formula is C18H18F2N2O3. The number of hydrogen-bond acceptors (Lipinski definition) is 3. The molecular weight excluding hydrogens is 330 g/mol. The molecule has 0 bridgehead atoms. The molecule has 2 rings (SSSR count). The topological polar surface area (TPSA) is 67.4 Å². The highest BCUT2D eigenvalue weighted by Gasteiger charge is 2.18. The van der Waals surface area contributed by atoms with Crippen molar-refractivity contribution in [2.24, 2.45) is 0 Å². The molecule has 0 unspecified atom stereocenters. The van der Waals surface area contributed by atoms with Crippen LogP contribution in [0.4, 0.5) is 14.5 Å². The Morgan fingerprint density at radius 2 is 1.76 bits per heavy atom. The summed E-state index contributed by atoms with van der Waals surface area (Å²) in [6, 6.07) is 9.45. The first kappa shape index (κ1) is 18.4. The lowest BCUT2D eigenvalue weighted by Crippen LogP contribution is -2.29. The number of nitrogens with one attached hydrogen (secondary N) is 2. The Labute approximate surface area is 144 Å². The zero-order valence-electron chi connectivity index (χ0n) is 13.8. The van der Waals surface area contributed by atoms with Gasteiger partial charge in [-0.05, 0) is 29.8 Å². The summed E-state index contributed by atoms with van der Waals surface area (Å²) < 4.78 is 31.2. The van der Waals surface area contributed by atoms with Gasteiger partial charge in [-0.1, -0.05) is 12.1 Å². The molecule has 2 amide bonds. The maximum absolute atomic E-state index is 13.2. The second kappa shape index (κ2) is 8.23. The predicted octanol–water partition coefficient (Wildman–Crippen LogP) is 3.18. The highest BCUT2D eigenvalue weighted by molar-refractivity contribution is 5.91. The van der Waals surface area contributed by atoms with Crippen LogP contribution in [-0.4, -0.2) is 18.9 Å². The molecule has 1 atom stereocenters. The largest absolute Gasteiger partial charge is 0.497 e. The van der Waals surface area contributed by atoms with Crippen LogP contribution in [0.5, 0.6) is 5.75 Å². The van der Waals surface area contributed by atoms with Gasteiger partial charge in [-0.25, -0.2) is 8.78 Å². The molecule has 0 aliphatic carbocycles. The fourth-order valence-electron chi connectivity index (χ4n) is 2.31. The quantitative estimate of drug-likeness (QED) is 0.843. The van der Waals surface area contributed by atoms with Crippen LogP contribution in [0.1, 0.15) is 24.9 Å². The smallest absolute Gasteiger partial charge is 0.226 e. The van der Waals surface area contributed by atoms with Crippen molar-refractivity contribution in [1.29, 1.82) is 0 Å². The van der Waals surface area contributed by atoms with Gasteiger partial charge in [0.1, 0.15) is 5.75 Å². The number of carbonyl (C=O) groups excluding carboxylic acids is 2. The van der Waals surface area contributed by atoms with E-state index in [0.29, 0.717) is 5.75 Å². The molecule has 25 heavy (non-hydrogen) atoms. The van der Waals surface area contributed by atoms with E-state index in [9.17, 15) is 18.4 Å². The normalized spacial score (nSPS) is 11.5. The molecule has 0 aliphatic heterocycles. The fourth-order valence-corrected chi connectivity index (χ4v) is 2.31. The molecule has 0 fully saturated rings. The van der Waals surface area contributed by atoms with Crippen molar-refractivity contribution in [2.45, 2.75) is 19.4 Å². The van der Waals surface area contributed by atoms with Crippen LogP contribution in [0, 0.1) is 11.6 Å². The van der Waals surface area contributed by atoms with E-state index in [-0.39, 0.29) is 18.0 Å². The summed E-state index contributed by atoms with van der Waals surface area (Å²) in [7, 11) is 1.54. The van der Waals surface area contributed by atoms with Crippen LogP contribution in [-0.2, 0) is 9.59 Å². The van der Waals surface area contributed by atoms with E-state index in [2.05, 4.69) is 10.6 Å². The summed E-state index contributed by atoms with van der Waals surface area (Å²) in [6.07, 6.45) is -0.0646. The van der Waals surface area contributed by atoms with Crippen molar-refractivity contribution in [1.82, 2.24) is 5.32 Å². The summed E-state index contributed by atoms with van der Waals surface area (Å²) in [5.41, 5.74) is 0.858. The minimum absolute atomic E-state index is 0.0646. The van der Waals surface area contributed by atoms with Crippen molar-refractivity contribution in [3.05, 3.63) is 59.7 Å². The highest BCUT2D eigenvalue weighted by Crippen LogP contribution is 2.21. The molecule has 2 aromatic rings. The predicted molar refractivity (Wildman–Crippen MR) is 89.2 cm³/mol. The number of methoxy groups -OCH3 is 1. The Bertz CT molecular complexity index is 763. The number of benzene rings is 2. The van der Waals surface area contributed by atoms with Gasteiger partial charge in [0, 0.05) is 18.7 Å². The molecule has 132 valence electrons. The second-order valence-electron chi connectivity index (χ2n) is 5.41. The third kappa shape index (κ3) is 5.27. The monoisotopic (exact) mass is 348 g/mol. The summed E-state index contributed by atoms with van der Waals surface area (Å²) >= 11 is 0. The maximum Gasteiger partial charge on any atom is 0.226 e. The lowest BCUT2D eigenvalue weighted by molar-refractivity contribution is -0.120. The number of amides is 2. The van der Waals surface area contributed by atoms with E-state index in [1.165, 1.54) is 20.1 Å². The standard InChI is InChI=1S/C18H18F2N2O3/c1-11(23)21-17(12-3-6-14(25-2)7-4-12)10-18(24)22-13-5-8-15(19)16(20)9-13/h3-9,17H,10H2,1-2H3,(H,21,23)(H,22,24)/t17-/m0/s1. The Morgan fingerprint density at radius 1 is 1.08 bits per heavy atom. The van der Waals surface area contributed by atoms with Gasteiger partial charge in [0.25, 0.3) is 0 Å². The third-order valence-electron chi connectivity index (χ3n) is 3.49. The van der Waals surface area contributed by atoms with E-state index in [0.717, 1.165) is 17.7 Å². The Hall–Kier alpha value is -2.96. The lowest BCUT2D eigenvalue weighted by Gasteiger charge is -2.18. The molecule has 2 aromatic carbocycles. The average molecular weight is 348 g/mol. The van der Waals surface area contributed by atoms with E-state index >= 15 is 0 Å². The number of halogens is 2. The summed E-state index contributed by atoms with van der Waals surface area (Å²) in [5.74, 6) is -2.13. The van der Waals surface area contributed by atoms with Gasteiger partial charge in [-0.3, -0.25) is 9.59 Å². The molecule has 5 nitrogen and oxygen atoms in total. The first-order chi connectivity index (χ1) is 11.9. The minimum Gasteiger partial charge on any atom is -0.497 e. The first-order valence-corrected chi connectivity index (χ1v) is 7.55. The lowest BCUT2D eigenvalue weighted by atomic mass is 10.0. The summed E-state index contributed by atoms with van der Waals surface area (Å²) in [6.45, 7) is 1.35. The van der Waals surface area contributed by atoms with E-state index in [4.69, 9.17) is 4.74 Å². The summed E-state index contributed by atoms with van der Waals surface area (Å²) in [4.78, 5) is 23.6. The molecule has 0 saturated heterocycles. The van der Waals surface area contributed by atoms with Crippen LogP contribution in [0.15, 0.2) is 42.5 Å². The van der Waals surface area contributed by atoms with Crippen molar-refractivity contribution in [2.75, 3.05) is 12.4 Å². The average Bonchev–Trinajstić information content (AvgIpc) is 2.57. The number of anilines is 1. The third-order valence-corrected chi connectivity index (χ3v) is 3.49. The van der Waals surface area contributed by atoms with Crippen molar-refractivity contribution in [3.8, 4) is 5.75 Å². The van der Waals surface area contributed by atoms with Gasteiger partial charge in [-0.15, -0.1) is 0 Å². The first-order valence-electron chi connectivity index (χ1n) is 7.55. The van der Waals surface area contributed by atoms with Crippen LogP contribution in [0.3, 0.4) is 0 Å². The maximum atomic E-state index is 13.2. The van der Waals surface area contributed by atoms with E-state index in [1.54, 1.807) is 24.3 Å².